The number of imidazole rings is 1. The number of carbonyl (C=O) groups excluding carboxylic acids is 1. The summed E-state index contributed by atoms with van der Waals surface area (Å²) in [7, 11) is 0. The average Bonchev–Trinajstić information content (AvgIpc) is 3.44. The number of pyridine rings is 1. The Hall–Kier alpha value is -3.49. The number of hydrogen-bond donors (Lipinski definition) is 1. The van der Waals surface area contributed by atoms with Gasteiger partial charge in [-0.25, -0.2) is 9.50 Å². The number of aromatic amines is 1. The molecule has 0 aromatic carbocycles. The van der Waals surface area contributed by atoms with E-state index in [4.69, 9.17) is 4.42 Å². The summed E-state index contributed by atoms with van der Waals surface area (Å²) in [5.74, 6) is 0.194. The van der Waals surface area contributed by atoms with Crippen molar-refractivity contribution in [1.29, 1.82) is 0 Å². The molecule has 0 unspecified atom stereocenters. The Morgan fingerprint density at radius 2 is 2.21 bits per heavy atom. The lowest BCUT2D eigenvalue weighted by Crippen LogP contribution is -2.41. The topological polar surface area (TPSA) is 105 Å². The normalized spacial score (nSPS) is 16.7. The third-order valence-corrected chi connectivity index (χ3v) is 4.97. The van der Waals surface area contributed by atoms with Crippen LogP contribution in [-0.2, 0) is 6.42 Å². The van der Waals surface area contributed by atoms with E-state index in [0.717, 1.165) is 22.6 Å². The molecule has 1 aliphatic heterocycles. The van der Waals surface area contributed by atoms with Crippen molar-refractivity contribution in [1.82, 2.24) is 34.7 Å². The number of nitrogens with zero attached hydrogens (tertiary/aromatic N) is 6. The maximum atomic E-state index is 13.2. The van der Waals surface area contributed by atoms with E-state index in [2.05, 4.69) is 25.3 Å². The predicted octanol–water partition coefficient (Wildman–Crippen LogP) is 2.35. The minimum atomic E-state index is -0.420. The zero-order valence-corrected chi connectivity index (χ0v) is 15.5. The van der Waals surface area contributed by atoms with Crippen LogP contribution in [0.4, 0.5) is 0 Å². The van der Waals surface area contributed by atoms with Crippen molar-refractivity contribution in [2.24, 2.45) is 0 Å². The highest BCUT2D eigenvalue weighted by Crippen LogP contribution is 2.34. The number of aromatic nitrogens is 6. The number of amides is 1. The third-order valence-electron chi connectivity index (χ3n) is 4.97. The van der Waals surface area contributed by atoms with Gasteiger partial charge < -0.3 is 14.3 Å². The molecule has 5 rings (SSSR count). The Morgan fingerprint density at radius 3 is 3.00 bits per heavy atom. The quantitative estimate of drug-likeness (QED) is 0.587. The van der Waals surface area contributed by atoms with Gasteiger partial charge in [-0.05, 0) is 18.2 Å². The van der Waals surface area contributed by atoms with E-state index in [-0.39, 0.29) is 17.7 Å². The summed E-state index contributed by atoms with van der Waals surface area (Å²) in [4.78, 5) is 22.6. The summed E-state index contributed by atoms with van der Waals surface area (Å²) in [6.07, 6.45) is 4.22. The van der Waals surface area contributed by atoms with Crippen molar-refractivity contribution in [3.8, 4) is 0 Å². The van der Waals surface area contributed by atoms with Gasteiger partial charge in [-0.15, -0.1) is 10.2 Å². The number of H-pyrrole nitrogens is 1. The van der Waals surface area contributed by atoms with Crippen LogP contribution in [0.1, 0.15) is 59.5 Å². The second kappa shape index (κ2) is 6.29. The highest BCUT2D eigenvalue weighted by Gasteiger charge is 2.38. The Bertz CT molecular complexity index is 1120. The lowest BCUT2D eigenvalue weighted by Gasteiger charge is -2.32. The monoisotopic (exact) mass is 377 g/mol. The Kier molecular flexibility index (Phi) is 3.75. The highest BCUT2D eigenvalue weighted by atomic mass is 16.4. The van der Waals surface area contributed by atoms with Crippen LogP contribution in [0, 0.1) is 0 Å². The van der Waals surface area contributed by atoms with Crippen LogP contribution in [0.5, 0.6) is 0 Å². The smallest absolute Gasteiger partial charge is 0.312 e. The first-order chi connectivity index (χ1) is 13.6. The molecular weight excluding hydrogens is 358 g/mol. The van der Waals surface area contributed by atoms with Crippen LogP contribution in [0.25, 0.3) is 5.52 Å². The molecule has 0 bridgehead atoms. The lowest BCUT2D eigenvalue weighted by atomic mass is 9.99. The molecule has 9 nitrogen and oxygen atoms in total. The molecular formula is C19H19N7O2. The number of rotatable bonds is 3. The van der Waals surface area contributed by atoms with Crippen molar-refractivity contribution >= 4 is 11.4 Å². The van der Waals surface area contributed by atoms with Gasteiger partial charge in [0.1, 0.15) is 6.04 Å². The number of fused-ring (bicyclic) bond motifs is 2. The highest BCUT2D eigenvalue weighted by molar-refractivity contribution is 5.90. The Balaban J connectivity index is 1.58. The zero-order valence-electron chi connectivity index (χ0n) is 15.5. The fourth-order valence-corrected chi connectivity index (χ4v) is 3.56. The molecule has 142 valence electrons. The predicted molar refractivity (Wildman–Crippen MR) is 98.8 cm³/mol. The first-order valence-corrected chi connectivity index (χ1v) is 9.22. The van der Waals surface area contributed by atoms with Gasteiger partial charge in [0.15, 0.2) is 0 Å². The molecule has 0 fully saturated rings. The molecule has 0 saturated heterocycles. The van der Waals surface area contributed by atoms with Crippen molar-refractivity contribution in [3.05, 3.63) is 65.7 Å². The van der Waals surface area contributed by atoms with Crippen LogP contribution in [0.15, 0.2) is 41.2 Å². The maximum Gasteiger partial charge on any atom is 0.312 e. The first-order valence-electron chi connectivity index (χ1n) is 9.22. The van der Waals surface area contributed by atoms with Gasteiger partial charge in [-0.1, -0.05) is 19.9 Å². The number of carbonyl (C=O) groups is 1. The summed E-state index contributed by atoms with van der Waals surface area (Å²) in [6.45, 7) is 4.39. The zero-order chi connectivity index (χ0) is 19.3. The number of nitrogens with one attached hydrogen (secondary N) is 1. The van der Waals surface area contributed by atoms with Gasteiger partial charge in [0.05, 0.1) is 23.2 Å². The average molecular weight is 377 g/mol. The lowest BCUT2D eigenvalue weighted by molar-refractivity contribution is 0.0643. The fraction of sp³-hybridized carbons (Fsp3) is 0.316. The van der Waals surface area contributed by atoms with Gasteiger partial charge in [-0.2, -0.15) is 5.10 Å². The van der Waals surface area contributed by atoms with E-state index in [1.807, 2.05) is 44.3 Å². The molecule has 28 heavy (non-hydrogen) atoms. The van der Waals surface area contributed by atoms with Crippen LogP contribution in [0.3, 0.4) is 0 Å². The third kappa shape index (κ3) is 2.58. The summed E-state index contributed by atoms with van der Waals surface area (Å²) < 4.78 is 7.40. The van der Waals surface area contributed by atoms with Crippen LogP contribution < -0.4 is 0 Å². The summed E-state index contributed by atoms with van der Waals surface area (Å²) in [5, 5.41) is 12.6. The van der Waals surface area contributed by atoms with Crippen molar-refractivity contribution in [3.63, 3.8) is 0 Å². The van der Waals surface area contributed by atoms with E-state index >= 15 is 0 Å². The summed E-state index contributed by atoms with van der Waals surface area (Å²) in [5.41, 5.74) is 3.51. The SMILES string of the molecule is CC(C)c1nnc(C(=O)N2CCc3[nH]cnc3[C@H]2c2cc3ccccn3n2)o1. The first kappa shape index (κ1) is 16.7. The summed E-state index contributed by atoms with van der Waals surface area (Å²) >= 11 is 0. The van der Waals surface area contributed by atoms with E-state index in [1.54, 1.807) is 15.7 Å². The van der Waals surface area contributed by atoms with Crippen LogP contribution >= 0.6 is 0 Å². The van der Waals surface area contributed by atoms with Gasteiger partial charge >= 0.3 is 11.8 Å². The second-order valence-electron chi connectivity index (χ2n) is 7.16. The van der Waals surface area contributed by atoms with E-state index in [0.29, 0.717) is 18.9 Å². The second-order valence-corrected chi connectivity index (χ2v) is 7.16. The standard InChI is InChI=1S/C19H19N7O2/c1-11(2)17-22-23-18(28-17)19(27)25-8-6-13-15(21-10-20-13)16(25)14-9-12-5-3-4-7-26(12)24-14/h3-5,7,9-11,16H,6,8H2,1-2H3,(H,20,21)/t16-/m1/s1. The van der Waals surface area contributed by atoms with E-state index in [1.165, 1.54) is 0 Å². The van der Waals surface area contributed by atoms with E-state index < -0.39 is 6.04 Å². The minimum Gasteiger partial charge on any atom is -0.417 e. The van der Waals surface area contributed by atoms with Gasteiger partial charge in [0.2, 0.25) is 5.89 Å². The van der Waals surface area contributed by atoms with Gasteiger partial charge in [0.25, 0.3) is 0 Å². The molecule has 4 aromatic rings. The summed E-state index contributed by atoms with van der Waals surface area (Å²) in [6, 6.07) is 7.40. The Morgan fingerprint density at radius 1 is 1.32 bits per heavy atom. The molecule has 1 amide bonds. The molecule has 1 N–H and O–H groups in total. The van der Waals surface area contributed by atoms with Crippen molar-refractivity contribution in [2.75, 3.05) is 6.54 Å². The van der Waals surface area contributed by atoms with Gasteiger partial charge in [0, 0.05) is 30.8 Å². The molecule has 4 aromatic heterocycles. The largest absolute Gasteiger partial charge is 0.417 e. The van der Waals surface area contributed by atoms with Crippen molar-refractivity contribution in [2.45, 2.75) is 32.2 Å². The molecule has 0 spiro atoms. The fourth-order valence-electron chi connectivity index (χ4n) is 3.56. The Labute approximate surface area is 160 Å². The van der Waals surface area contributed by atoms with Gasteiger partial charge in [-0.3, -0.25) is 4.79 Å². The van der Waals surface area contributed by atoms with Crippen molar-refractivity contribution < 1.29 is 9.21 Å². The minimum absolute atomic E-state index is 0.00329. The van der Waals surface area contributed by atoms with Crippen LogP contribution in [0.2, 0.25) is 0 Å². The molecule has 1 aliphatic rings. The molecule has 0 saturated carbocycles. The molecule has 0 aliphatic carbocycles. The molecule has 9 heteroatoms. The number of hydrogen-bond acceptors (Lipinski definition) is 6. The van der Waals surface area contributed by atoms with E-state index in [9.17, 15) is 4.79 Å². The molecule has 1 atom stereocenters. The van der Waals surface area contributed by atoms with Crippen LogP contribution in [-0.4, -0.2) is 47.1 Å². The molecule has 5 heterocycles. The molecule has 0 radical (unpaired) electrons. The maximum absolute atomic E-state index is 13.2.